The van der Waals surface area contributed by atoms with E-state index in [-0.39, 0.29) is 0 Å². The van der Waals surface area contributed by atoms with E-state index in [0.717, 1.165) is 12.2 Å². The number of benzene rings is 1. The number of hydrogen-bond donors (Lipinski definition) is 2. The van der Waals surface area contributed by atoms with E-state index in [2.05, 4.69) is 19.2 Å². The SMILES string of the molecule is COc1cc([S-](=N)=O)ccc1NCC(C)C. The van der Waals surface area contributed by atoms with Crippen LogP contribution in [0.1, 0.15) is 13.8 Å². The molecule has 90 valence electrons. The van der Waals surface area contributed by atoms with Gasteiger partial charge in [-0.05, 0) is 18.1 Å². The maximum Gasteiger partial charge on any atom is 0.140 e. The second-order valence-electron chi connectivity index (χ2n) is 3.91. The molecule has 0 bridgehead atoms. The summed E-state index contributed by atoms with van der Waals surface area (Å²) in [7, 11) is -0.158. The lowest BCUT2D eigenvalue weighted by Crippen LogP contribution is -2.08. The molecular formula is C11H17N2O2S-. The van der Waals surface area contributed by atoms with Gasteiger partial charge in [-0.2, -0.15) is 10.6 Å². The van der Waals surface area contributed by atoms with Gasteiger partial charge in [-0.25, -0.2) is 0 Å². The van der Waals surface area contributed by atoms with Crippen LogP contribution >= 0.6 is 0 Å². The van der Waals surface area contributed by atoms with Crippen LogP contribution in [0.15, 0.2) is 23.1 Å². The summed E-state index contributed by atoms with van der Waals surface area (Å²) in [4.78, 5) is 0.451. The predicted octanol–water partition coefficient (Wildman–Crippen LogP) is 2.85. The summed E-state index contributed by atoms with van der Waals surface area (Å²) < 4.78 is 23.3. The highest BCUT2D eigenvalue weighted by Gasteiger charge is 2.02. The lowest BCUT2D eigenvalue weighted by Gasteiger charge is -2.14. The van der Waals surface area contributed by atoms with Gasteiger partial charge in [-0.3, -0.25) is 0 Å². The minimum Gasteiger partial charge on any atom is -0.495 e. The zero-order valence-corrected chi connectivity index (χ0v) is 10.6. The van der Waals surface area contributed by atoms with Crippen molar-refractivity contribution in [1.82, 2.24) is 0 Å². The monoisotopic (exact) mass is 241 g/mol. The van der Waals surface area contributed by atoms with Crippen LogP contribution in [0.3, 0.4) is 0 Å². The van der Waals surface area contributed by atoms with E-state index in [1.807, 2.05) is 0 Å². The van der Waals surface area contributed by atoms with Crippen LogP contribution in [-0.4, -0.2) is 13.7 Å². The molecule has 1 rings (SSSR count). The van der Waals surface area contributed by atoms with Gasteiger partial charge in [0, 0.05) is 6.54 Å². The molecule has 0 atom stereocenters. The molecule has 0 aromatic heterocycles. The molecule has 0 fully saturated rings. The van der Waals surface area contributed by atoms with E-state index >= 15 is 0 Å². The third-order valence-electron chi connectivity index (χ3n) is 2.09. The molecule has 0 heterocycles. The van der Waals surface area contributed by atoms with Gasteiger partial charge in [0.1, 0.15) is 5.75 Å². The van der Waals surface area contributed by atoms with E-state index in [1.165, 1.54) is 0 Å². The Labute approximate surface area is 98.0 Å². The van der Waals surface area contributed by atoms with Crippen LogP contribution in [0, 0.1) is 10.7 Å². The molecule has 4 nitrogen and oxygen atoms in total. The van der Waals surface area contributed by atoms with Gasteiger partial charge in [0.05, 0.1) is 12.8 Å². The number of methoxy groups -OCH3 is 1. The molecule has 0 unspecified atom stereocenters. The molecule has 1 aromatic rings. The fourth-order valence-corrected chi connectivity index (χ4v) is 1.65. The average Bonchev–Trinajstić information content (AvgIpc) is 2.25. The van der Waals surface area contributed by atoms with Gasteiger partial charge in [-0.15, -0.1) is 0 Å². The van der Waals surface area contributed by atoms with Crippen LogP contribution < -0.4 is 10.1 Å². The largest absolute Gasteiger partial charge is 0.495 e. The van der Waals surface area contributed by atoms with Gasteiger partial charge in [-0.1, -0.05) is 24.8 Å². The minimum atomic E-state index is -1.72. The number of rotatable bonds is 5. The summed E-state index contributed by atoms with van der Waals surface area (Å²) in [6, 6.07) is 5.10. The fourth-order valence-electron chi connectivity index (χ4n) is 1.25. The molecule has 0 aliphatic heterocycles. The van der Waals surface area contributed by atoms with Crippen LogP contribution in [0.5, 0.6) is 5.75 Å². The lowest BCUT2D eigenvalue weighted by molar-refractivity contribution is 0.415. The normalized spacial score (nSPS) is 10.8. The van der Waals surface area contributed by atoms with Crippen LogP contribution in [0.2, 0.25) is 0 Å². The summed E-state index contributed by atoms with van der Waals surface area (Å²) in [5.74, 6) is 1.16. The quantitative estimate of drug-likeness (QED) is 0.779. The molecule has 0 aliphatic carbocycles. The fraction of sp³-hybridized carbons (Fsp3) is 0.455. The van der Waals surface area contributed by atoms with Crippen molar-refractivity contribution in [1.29, 1.82) is 4.78 Å². The molecule has 5 heteroatoms. The average molecular weight is 241 g/mol. The second-order valence-corrected chi connectivity index (χ2v) is 4.91. The van der Waals surface area contributed by atoms with Crippen molar-refractivity contribution >= 4 is 16.3 Å². The van der Waals surface area contributed by atoms with Gasteiger partial charge in [0.15, 0.2) is 0 Å². The molecular weight excluding hydrogens is 224 g/mol. The predicted molar refractivity (Wildman–Crippen MR) is 65.4 cm³/mol. The van der Waals surface area contributed by atoms with Crippen molar-refractivity contribution in [3.05, 3.63) is 18.2 Å². The molecule has 0 saturated carbocycles. The number of anilines is 1. The maximum absolute atomic E-state index is 11.0. The maximum atomic E-state index is 11.0. The molecule has 0 saturated heterocycles. The molecule has 16 heavy (non-hydrogen) atoms. The summed E-state index contributed by atoms with van der Waals surface area (Å²) in [6.07, 6.45) is 0. The van der Waals surface area contributed by atoms with Crippen molar-refractivity contribution in [3.8, 4) is 5.75 Å². The smallest absolute Gasteiger partial charge is 0.140 e. The number of hydrogen-bond acceptors (Lipinski definition) is 5. The summed E-state index contributed by atoms with van der Waals surface area (Å²) >= 11 is 0. The molecule has 0 aliphatic rings. The van der Waals surface area contributed by atoms with E-state index in [0.29, 0.717) is 16.6 Å². The highest BCUT2D eigenvalue weighted by Crippen LogP contribution is 2.26. The van der Waals surface area contributed by atoms with E-state index in [9.17, 15) is 4.21 Å². The Morgan fingerprint density at radius 2 is 2.19 bits per heavy atom. The van der Waals surface area contributed by atoms with E-state index in [4.69, 9.17) is 9.52 Å². The first kappa shape index (κ1) is 12.8. The molecule has 0 spiro atoms. The Balaban J connectivity index is 2.93. The Kier molecular flexibility index (Phi) is 4.61. The highest BCUT2D eigenvalue weighted by atomic mass is 32.2. The van der Waals surface area contributed by atoms with Crippen LogP contribution in [0.25, 0.3) is 0 Å². The van der Waals surface area contributed by atoms with Crippen molar-refractivity contribution in [2.75, 3.05) is 19.0 Å². The first-order chi connectivity index (χ1) is 7.54. The minimum absolute atomic E-state index is 0.451. The van der Waals surface area contributed by atoms with Gasteiger partial charge in [0.2, 0.25) is 0 Å². The molecule has 0 radical (unpaired) electrons. The van der Waals surface area contributed by atoms with Crippen molar-refractivity contribution < 1.29 is 8.95 Å². The van der Waals surface area contributed by atoms with Crippen LogP contribution in [-0.2, 0) is 14.8 Å². The number of nitrogens with one attached hydrogen (secondary N) is 2. The lowest BCUT2D eigenvalue weighted by atomic mass is 10.2. The topological polar surface area (TPSA) is 62.2 Å². The standard InChI is InChI=1S/C11H17N2O2S/c1-8(2)7-13-10-5-4-9(16(12)14)6-11(10)15-3/h4-6,8,12-13H,7H2,1-3H3/q-1. The van der Waals surface area contributed by atoms with Crippen molar-refractivity contribution in [2.24, 2.45) is 5.92 Å². The third kappa shape index (κ3) is 3.41. The zero-order chi connectivity index (χ0) is 12.1. The van der Waals surface area contributed by atoms with Crippen LogP contribution in [0.4, 0.5) is 5.69 Å². The van der Waals surface area contributed by atoms with Crippen molar-refractivity contribution in [3.63, 3.8) is 0 Å². The summed E-state index contributed by atoms with van der Waals surface area (Å²) in [5, 5.41) is 3.24. The first-order valence-electron chi connectivity index (χ1n) is 5.09. The summed E-state index contributed by atoms with van der Waals surface area (Å²) in [6.45, 7) is 5.08. The Bertz CT molecular complexity index is 420. The van der Waals surface area contributed by atoms with Gasteiger partial charge < -0.3 is 19.0 Å². The van der Waals surface area contributed by atoms with Crippen molar-refractivity contribution in [2.45, 2.75) is 18.7 Å². The Morgan fingerprint density at radius 3 is 2.69 bits per heavy atom. The van der Waals surface area contributed by atoms with Gasteiger partial charge >= 0.3 is 0 Å². The molecule has 2 N–H and O–H groups in total. The third-order valence-corrected chi connectivity index (χ3v) is 2.77. The highest BCUT2D eigenvalue weighted by molar-refractivity contribution is 7.73. The summed E-state index contributed by atoms with van der Waals surface area (Å²) in [5.41, 5.74) is 0.866. The molecule has 1 aromatic carbocycles. The second kappa shape index (κ2) is 5.75. The Hall–Kier alpha value is -1.23. The van der Waals surface area contributed by atoms with E-state index < -0.39 is 10.6 Å². The number of ether oxygens (including phenoxy) is 1. The zero-order valence-electron chi connectivity index (χ0n) is 9.74. The molecule has 0 amide bonds. The Morgan fingerprint density at radius 1 is 1.50 bits per heavy atom. The van der Waals surface area contributed by atoms with Gasteiger partial charge in [0.25, 0.3) is 0 Å². The first-order valence-corrected chi connectivity index (χ1v) is 6.24. The van der Waals surface area contributed by atoms with E-state index in [1.54, 1.807) is 25.3 Å².